The average Bonchev–Trinajstić information content (AvgIpc) is 3.01. The van der Waals surface area contributed by atoms with E-state index >= 15 is 0 Å². The van der Waals surface area contributed by atoms with Crippen LogP contribution in [-0.4, -0.2) is 22.3 Å². The van der Waals surface area contributed by atoms with Crippen molar-refractivity contribution >= 4 is 23.1 Å². The van der Waals surface area contributed by atoms with Crippen molar-refractivity contribution in [3.8, 4) is 0 Å². The SMILES string of the molecule is CCCCNc1ncc2c(n1)C[C@@H](c1cccs1)CC2=O. The molecule has 2 aromatic heterocycles. The highest BCUT2D eigenvalue weighted by molar-refractivity contribution is 7.10. The maximum absolute atomic E-state index is 12.3. The molecule has 0 aromatic carbocycles. The lowest BCUT2D eigenvalue weighted by Crippen LogP contribution is -2.21. The molecular weight excluding hydrogens is 282 g/mol. The van der Waals surface area contributed by atoms with E-state index in [1.165, 1.54) is 4.88 Å². The zero-order valence-electron chi connectivity index (χ0n) is 12.1. The molecule has 0 amide bonds. The summed E-state index contributed by atoms with van der Waals surface area (Å²) in [7, 11) is 0. The Balaban J connectivity index is 1.80. The third kappa shape index (κ3) is 3.13. The van der Waals surface area contributed by atoms with Gasteiger partial charge in [0.25, 0.3) is 0 Å². The van der Waals surface area contributed by atoms with Crippen molar-refractivity contribution in [3.63, 3.8) is 0 Å². The van der Waals surface area contributed by atoms with Crippen LogP contribution >= 0.6 is 11.3 Å². The highest BCUT2D eigenvalue weighted by Gasteiger charge is 2.28. The van der Waals surface area contributed by atoms with Crippen molar-refractivity contribution in [3.05, 3.63) is 39.8 Å². The monoisotopic (exact) mass is 301 g/mol. The Bertz CT molecular complexity index is 624. The smallest absolute Gasteiger partial charge is 0.222 e. The second-order valence-electron chi connectivity index (χ2n) is 5.38. The molecular formula is C16H19N3OS. The van der Waals surface area contributed by atoms with Gasteiger partial charge in [0.1, 0.15) is 0 Å². The van der Waals surface area contributed by atoms with Crippen molar-refractivity contribution in [2.24, 2.45) is 0 Å². The number of unbranched alkanes of at least 4 members (excludes halogenated alkanes) is 1. The molecule has 1 atom stereocenters. The Morgan fingerprint density at radius 2 is 2.33 bits per heavy atom. The van der Waals surface area contributed by atoms with Crippen molar-refractivity contribution < 1.29 is 4.79 Å². The summed E-state index contributed by atoms with van der Waals surface area (Å²) < 4.78 is 0. The summed E-state index contributed by atoms with van der Waals surface area (Å²) in [6.45, 7) is 3.03. The van der Waals surface area contributed by atoms with Crippen molar-refractivity contribution in [2.75, 3.05) is 11.9 Å². The number of rotatable bonds is 5. The minimum atomic E-state index is 0.162. The third-order valence-corrected chi connectivity index (χ3v) is 4.83. The van der Waals surface area contributed by atoms with Crippen molar-refractivity contribution in [1.82, 2.24) is 9.97 Å². The highest BCUT2D eigenvalue weighted by Crippen LogP contribution is 2.34. The van der Waals surface area contributed by atoms with Gasteiger partial charge in [0.15, 0.2) is 5.78 Å². The topological polar surface area (TPSA) is 54.9 Å². The van der Waals surface area contributed by atoms with Crippen LogP contribution in [0.5, 0.6) is 0 Å². The van der Waals surface area contributed by atoms with Crippen LogP contribution < -0.4 is 5.32 Å². The molecule has 1 aliphatic carbocycles. The molecule has 0 unspecified atom stereocenters. The van der Waals surface area contributed by atoms with Crippen LogP contribution in [0.1, 0.15) is 53.0 Å². The second kappa shape index (κ2) is 6.35. The number of thiophene rings is 1. The van der Waals surface area contributed by atoms with Gasteiger partial charge in [0.2, 0.25) is 5.95 Å². The summed E-state index contributed by atoms with van der Waals surface area (Å²) in [6, 6.07) is 4.15. The summed E-state index contributed by atoms with van der Waals surface area (Å²) in [4.78, 5) is 22.4. The Labute approximate surface area is 128 Å². The summed E-state index contributed by atoms with van der Waals surface area (Å²) in [5.41, 5.74) is 1.59. The number of hydrogen-bond acceptors (Lipinski definition) is 5. The number of nitrogens with zero attached hydrogens (tertiary/aromatic N) is 2. The molecule has 21 heavy (non-hydrogen) atoms. The fourth-order valence-corrected chi connectivity index (χ4v) is 3.46. The zero-order valence-corrected chi connectivity index (χ0v) is 12.9. The Morgan fingerprint density at radius 1 is 1.43 bits per heavy atom. The molecule has 0 saturated heterocycles. The lowest BCUT2D eigenvalue weighted by molar-refractivity contribution is 0.0963. The molecule has 0 saturated carbocycles. The molecule has 3 rings (SSSR count). The van der Waals surface area contributed by atoms with Gasteiger partial charge in [-0.25, -0.2) is 9.97 Å². The number of carbonyl (C=O) groups is 1. The number of fused-ring (bicyclic) bond motifs is 1. The molecule has 0 bridgehead atoms. The predicted octanol–water partition coefficient (Wildman–Crippen LogP) is 3.66. The number of nitrogens with one attached hydrogen (secondary N) is 1. The Kier molecular flexibility index (Phi) is 4.29. The van der Waals surface area contributed by atoms with Gasteiger partial charge in [-0.15, -0.1) is 11.3 Å². The standard InChI is InChI=1S/C16H19N3OS/c1-2-3-6-17-16-18-10-12-13(19-16)8-11(9-14(12)20)15-5-4-7-21-15/h4-5,7,10-11H,2-3,6,8-9H2,1H3,(H,17,18,19)/t11-/m1/s1. The van der Waals surface area contributed by atoms with Crippen LogP contribution in [0.15, 0.2) is 23.7 Å². The first kappa shape index (κ1) is 14.2. The summed E-state index contributed by atoms with van der Waals surface area (Å²) in [6.07, 6.45) is 5.31. The Hall–Kier alpha value is -1.75. The van der Waals surface area contributed by atoms with Crippen LogP contribution in [0.2, 0.25) is 0 Å². The van der Waals surface area contributed by atoms with Gasteiger partial charge in [-0.1, -0.05) is 19.4 Å². The lowest BCUT2D eigenvalue weighted by atomic mass is 9.86. The van der Waals surface area contributed by atoms with Crippen LogP contribution in [0, 0.1) is 0 Å². The van der Waals surface area contributed by atoms with Gasteiger partial charge in [0, 0.05) is 30.0 Å². The summed E-state index contributed by atoms with van der Waals surface area (Å²) >= 11 is 1.72. The molecule has 0 spiro atoms. The fourth-order valence-electron chi connectivity index (χ4n) is 2.63. The minimum absolute atomic E-state index is 0.162. The van der Waals surface area contributed by atoms with Crippen molar-refractivity contribution in [2.45, 2.75) is 38.5 Å². The molecule has 2 heterocycles. The number of hydrogen-bond donors (Lipinski definition) is 1. The van der Waals surface area contributed by atoms with E-state index in [2.05, 4.69) is 33.7 Å². The van der Waals surface area contributed by atoms with E-state index in [4.69, 9.17) is 0 Å². The van der Waals surface area contributed by atoms with E-state index in [9.17, 15) is 4.79 Å². The maximum Gasteiger partial charge on any atom is 0.222 e. The highest BCUT2D eigenvalue weighted by atomic mass is 32.1. The second-order valence-corrected chi connectivity index (χ2v) is 6.36. The van der Waals surface area contributed by atoms with E-state index in [-0.39, 0.29) is 11.7 Å². The number of ketones is 1. The van der Waals surface area contributed by atoms with E-state index in [1.807, 2.05) is 6.07 Å². The lowest BCUT2D eigenvalue weighted by Gasteiger charge is -2.22. The first-order chi connectivity index (χ1) is 10.3. The molecule has 0 fully saturated rings. The predicted molar refractivity (Wildman–Crippen MR) is 85.1 cm³/mol. The van der Waals surface area contributed by atoms with E-state index in [1.54, 1.807) is 17.5 Å². The van der Waals surface area contributed by atoms with Gasteiger partial charge < -0.3 is 5.32 Å². The van der Waals surface area contributed by atoms with Crippen LogP contribution in [0.3, 0.4) is 0 Å². The van der Waals surface area contributed by atoms with Gasteiger partial charge in [-0.05, 0) is 24.3 Å². The first-order valence-electron chi connectivity index (χ1n) is 7.44. The molecule has 1 aliphatic rings. The molecule has 4 nitrogen and oxygen atoms in total. The third-order valence-electron chi connectivity index (χ3n) is 3.80. The van der Waals surface area contributed by atoms with Gasteiger partial charge in [-0.2, -0.15) is 0 Å². The number of carbonyl (C=O) groups excluding carboxylic acids is 1. The molecule has 110 valence electrons. The minimum Gasteiger partial charge on any atom is -0.354 e. The quantitative estimate of drug-likeness (QED) is 0.856. The zero-order chi connectivity index (χ0) is 14.7. The van der Waals surface area contributed by atoms with Crippen LogP contribution in [-0.2, 0) is 6.42 Å². The largest absolute Gasteiger partial charge is 0.354 e. The maximum atomic E-state index is 12.3. The van der Waals surface area contributed by atoms with Gasteiger partial charge in [-0.3, -0.25) is 4.79 Å². The molecule has 1 N–H and O–H groups in total. The first-order valence-corrected chi connectivity index (χ1v) is 8.32. The number of aromatic nitrogens is 2. The fraction of sp³-hybridized carbons (Fsp3) is 0.438. The average molecular weight is 301 g/mol. The summed E-state index contributed by atoms with van der Waals surface area (Å²) in [5, 5.41) is 5.29. The summed E-state index contributed by atoms with van der Waals surface area (Å²) in [5.74, 6) is 1.07. The molecule has 2 aromatic rings. The van der Waals surface area contributed by atoms with Crippen molar-refractivity contribution in [1.29, 1.82) is 0 Å². The molecule has 5 heteroatoms. The van der Waals surface area contributed by atoms with E-state index in [0.717, 1.165) is 31.5 Å². The van der Waals surface area contributed by atoms with Crippen LogP contribution in [0.4, 0.5) is 5.95 Å². The molecule has 0 aliphatic heterocycles. The van der Waals surface area contributed by atoms with Gasteiger partial charge in [0.05, 0.1) is 11.3 Å². The molecule has 0 radical (unpaired) electrons. The Morgan fingerprint density at radius 3 is 3.10 bits per heavy atom. The normalized spacial score (nSPS) is 17.6. The number of anilines is 1. The van der Waals surface area contributed by atoms with E-state index < -0.39 is 0 Å². The number of Topliss-reactive ketones (excluding diaryl/α,β-unsaturated/α-hetero) is 1. The van der Waals surface area contributed by atoms with E-state index in [0.29, 0.717) is 17.9 Å². The van der Waals surface area contributed by atoms with Gasteiger partial charge >= 0.3 is 0 Å². The van der Waals surface area contributed by atoms with Crippen LogP contribution in [0.25, 0.3) is 0 Å².